The Morgan fingerprint density at radius 2 is 1.95 bits per heavy atom. The van der Waals surface area contributed by atoms with E-state index in [1.807, 2.05) is 0 Å². The van der Waals surface area contributed by atoms with E-state index in [1.54, 1.807) is 18.2 Å². The molecule has 8 nitrogen and oxygen atoms in total. The van der Waals surface area contributed by atoms with Crippen molar-refractivity contribution in [3.05, 3.63) is 23.8 Å². The molecule has 3 amide bonds. The maximum atomic E-state index is 12.1. The van der Waals surface area contributed by atoms with Gasteiger partial charge in [-0.1, -0.05) is 6.07 Å². The first-order chi connectivity index (χ1) is 10.5. The predicted molar refractivity (Wildman–Crippen MR) is 74.7 cm³/mol. The quantitative estimate of drug-likeness (QED) is 0.746. The molecule has 0 radical (unpaired) electrons. The SMILES string of the molecule is COc1ccc(CN2C(=O)NC(CC(=O)O)C2=O)cc1OC. The zero-order valence-corrected chi connectivity index (χ0v) is 12.2. The highest BCUT2D eigenvalue weighted by Crippen LogP contribution is 2.28. The average Bonchev–Trinajstić information content (AvgIpc) is 2.74. The van der Waals surface area contributed by atoms with E-state index in [-0.39, 0.29) is 6.54 Å². The molecule has 2 N–H and O–H groups in total. The minimum atomic E-state index is -1.15. The van der Waals surface area contributed by atoms with E-state index in [0.29, 0.717) is 17.1 Å². The van der Waals surface area contributed by atoms with Crippen molar-refractivity contribution in [2.45, 2.75) is 19.0 Å². The van der Waals surface area contributed by atoms with Crippen LogP contribution in [0.4, 0.5) is 4.79 Å². The first-order valence-corrected chi connectivity index (χ1v) is 6.50. The Balaban J connectivity index is 2.15. The van der Waals surface area contributed by atoms with Crippen LogP contribution >= 0.6 is 0 Å². The number of methoxy groups -OCH3 is 2. The van der Waals surface area contributed by atoms with Gasteiger partial charge < -0.3 is 19.9 Å². The fraction of sp³-hybridized carbons (Fsp3) is 0.357. The maximum absolute atomic E-state index is 12.1. The lowest BCUT2D eigenvalue weighted by molar-refractivity contribution is -0.140. The molecule has 0 aliphatic carbocycles. The third-order valence-electron chi connectivity index (χ3n) is 3.27. The van der Waals surface area contributed by atoms with Gasteiger partial charge in [-0.05, 0) is 17.7 Å². The van der Waals surface area contributed by atoms with Crippen molar-refractivity contribution in [3.63, 3.8) is 0 Å². The number of carbonyl (C=O) groups excluding carboxylic acids is 2. The third kappa shape index (κ3) is 3.11. The van der Waals surface area contributed by atoms with Gasteiger partial charge in [0.1, 0.15) is 6.04 Å². The third-order valence-corrected chi connectivity index (χ3v) is 3.27. The molecule has 2 rings (SSSR count). The van der Waals surface area contributed by atoms with E-state index in [9.17, 15) is 14.4 Å². The molecule has 1 unspecified atom stereocenters. The van der Waals surface area contributed by atoms with E-state index >= 15 is 0 Å². The molecule has 118 valence electrons. The normalized spacial score (nSPS) is 17.4. The number of ether oxygens (including phenoxy) is 2. The number of carboxylic acid groups (broad SMARTS) is 1. The highest BCUT2D eigenvalue weighted by molar-refractivity contribution is 6.05. The van der Waals surface area contributed by atoms with Gasteiger partial charge in [0.25, 0.3) is 5.91 Å². The minimum Gasteiger partial charge on any atom is -0.493 e. The summed E-state index contributed by atoms with van der Waals surface area (Å²) in [7, 11) is 2.99. The number of hydrogen-bond donors (Lipinski definition) is 2. The van der Waals surface area contributed by atoms with Crippen LogP contribution < -0.4 is 14.8 Å². The van der Waals surface area contributed by atoms with Crippen molar-refractivity contribution in [1.82, 2.24) is 10.2 Å². The number of nitrogens with zero attached hydrogens (tertiary/aromatic N) is 1. The van der Waals surface area contributed by atoms with Gasteiger partial charge in [0, 0.05) is 0 Å². The number of carboxylic acids is 1. The molecule has 0 spiro atoms. The lowest BCUT2D eigenvalue weighted by Crippen LogP contribution is -2.32. The summed E-state index contributed by atoms with van der Waals surface area (Å²) in [5.41, 5.74) is 0.664. The fourth-order valence-corrected chi connectivity index (χ4v) is 2.20. The van der Waals surface area contributed by atoms with E-state index in [4.69, 9.17) is 14.6 Å². The molecule has 0 saturated carbocycles. The van der Waals surface area contributed by atoms with Crippen molar-refractivity contribution in [3.8, 4) is 11.5 Å². The number of carbonyl (C=O) groups is 3. The Labute approximate surface area is 126 Å². The van der Waals surface area contributed by atoms with Crippen LogP contribution in [0.25, 0.3) is 0 Å². The van der Waals surface area contributed by atoms with E-state index in [0.717, 1.165) is 4.90 Å². The Morgan fingerprint density at radius 3 is 2.55 bits per heavy atom. The second-order valence-electron chi connectivity index (χ2n) is 4.71. The van der Waals surface area contributed by atoms with Crippen molar-refractivity contribution < 1.29 is 29.0 Å². The van der Waals surface area contributed by atoms with Crippen LogP contribution in [0.5, 0.6) is 11.5 Å². The van der Waals surface area contributed by atoms with Gasteiger partial charge in [0.05, 0.1) is 27.2 Å². The molecule has 22 heavy (non-hydrogen) atoms. The summed E-state index contributed by atoms with van der Waals surface area (Å²) in [5.74, 6) is -0.685. The molecule has 1 heterocycles. The van der Waals surface area contributed by atoms with Crippen molar-refractivity contribution >= 4 is 17.9 Å². The van der Waals surface area contributed by atoms with E-state index in [1.165, 1.54) is 14.2 Å². The Bertz CT molecular complexity index is 615. The van der Waals surface area contributed by atoms with E-state index < -0.39 is 30.4 Å². The number of urea groups is 1. The van der Waals surface area contributed by atoms with Crippen LogP contribution in [0.15, 0.2) is 18.2 Å². The first-order valence-electron chi connectivity index (χ1n) is 6.50. The Hall–Kier alpha value is -2.77. The van der Waals surface area contributed by atoms with Gasteiger partial charge in [-0.15, -0.1) is 0 Å². The molecule has 1 aliphatic rings. The molecule has 1 atom stereocenters. The Morgan fingerprint density at radius 1 is 1.27 bits per heavy atom. The topological polar surface area (TPSA) is 105 Å². The number of aliphatic carboxylic acids is 1. The number of nitrogens with one attached hydrogen (secondary N) is 1. The first kappa shape index (κ1) is 15.6. The summed E-state index contributed by atoms with van der Waals surface area (Å²) in [5, 5.41) is 11.1. The maximum Gasteiger partial charge on any atom is 0.325 e. The fourth-order valence-electron chi connectivity index (χ4n) is 2.20. The summed E-state index contributed by atoms with van der Waals surface area (Å²) in [6.07, 6.45) is -0.437. The smallest absolute Gasteiger partial charge is 0.325 e. The molecule has 1 aromatic carbocycles. The van der Waals surface area contributed by atoms with Crippen LogP contribution in [0, 0.1) is 0 Å². The monoisotopic (exact) mass is 308 g/mol. The molecule has 8 heteroatoms. The highest BCUT2D eigenvalue weighted by atomic mass is 16.5. The van der Waals surface area contributed by atoms with Gasteiger partial charge >= 0.3 is 12.0 Å². The number of amides is 3. The van der Waals surface area contributed by atoms with Gasteiger partial charge in [-0.3, -0.25) is 14.5 Å². The molecule has 0 bridgehead atoms. The van der Waals surface area contributed by atoms with Crippen LogP contribution in [-0.4, -0.2) is 48.2 Å². The predicted octanol–water partition coefficient (Wildman–Crippen LogP) is 0.599. The summed E-state index contributed by atoms with van der Waals surface area (Å²) >= 11 is 0. The molecule has 1 fully saturated rings. The van der Waals surface area contributed by atoms with Gasteiger partial charge in [-0.2, -0.15) is 0 Å². The summed E-state index contributed by atoms with van der Waals surface area (Å²) in [6.45, 7) is 0.0289. The molecule has 1 saturated heterocycles. The summed E-state index contributed by atoms with van der Waals surface area (Å²) < 4.78 is 10.3. The lowest BCUT2D eigenvalue weighted by atomic mass is 10.1. The Kier molecular flexibility index (Phi) is 4.50. The number of rotatable bonds is 6. The van der Waals surface area contributed by atoms with Gasteiger partial charge in [0.15, 0.2) is 11.5 Å². The summed E-state index contributed by atoms with van der Waals surface area (Å²) in [4.78, 5) is 35.5. The zero-order chi connectivity index (χ0) is 16.3. The molecule has 1 aromatic rings. The number of hydrogen-bond acceptors (Lipinski definition) is 5. The standard InChI is InChI=1S/C14H16N2O6/c1-21-10-4-3-8(5-11(10)22-2)7-16-13(19)9(6-12(17)18)15-14(16)20/h3-5,9H,6-7H2,1-2H3,(H,15,20)(H,17,18). The van der Waals surface area contributed by atoms with Crippen molar-refractivity contribution in [1.29, 1.82) is 0 Å². The van der Waals surface area contributed by atoms with Gasteiger partial charge in [-0.25, -0.2) is 4.79 Å². The summed E-state index contributed by atoms with van der Waals surface area (Å²) in [6, 6.07) is 3.40. The van der Waals surface area contributed by atoms with Crippen molar-refractivity contribution in [2.75, 3.05) is 14.2 Å². The van der Waals surface area contributed by atoms with Crippen LogP contribution in [0.2, 0.25) is 0 Å². The molecule has 0 aromatic heterocycles. The lowest BCUT2D eigenvalue weighted by Gasteiger charge is -2.14. The molecular formula is C14H16N2O6. The highest BCUT2D eigenvalue weighted by Gasteiger charge is 2.39. The molecule has 1 aliphatic heterocycles. The van der Waals surface area contributed by atoms with Crippen LogP contribution in [0.3, 0.4) is 0 Å². The second kappa shape index (κ2) is 6.33. The van der Waals surface area contributed by atoms with E-state index in [2.05, 4.69) is 5.32 Å². The largest absolute Gasteiger partial charge is 0.493 e. The van der Waals surface area contributed by atoms with Gasteiger partial charge in [0.2, 0.25) is 0 Å². The number of imide groups is 1. The zero-order valence-electron chi connectivity index (χ0n) is 12.2. The van der Waals surface area contributed by atoms with Crippen LogP contribution in [0.1, 0.15) is 12.0 Å². The van der Waals surface area contributed by atoms with Crippen molar-refractivity contribution in [2.24, 2.45) is 0 Å². The number of benzene rings is 1. The molecular weight excluding hydrogens is 292 g/mol. The minimum absolute atomic E-state index is 0.0289. The van der Waals surface area contributed by atoms with Crippen LogP contribution in [-0.2, 0) is 16.1 Å². The average molecular weight is 308 g/mol. The second-order valence-corrected chi connectivity index (χ2v) is 4.71.